The van der Waals surface area contributed by atoms with Gasteiger partial charge in [0.15, 0.2) is 5.82 Å². The van der Waals surface area contributed by atoms with E-state index in [1.54, 1.807) is 6.20 Å². The number of esters is 1. The maximum absolute atomic E-state index is 12.1. The van der Waals surface area contributed by atoms with Crippen LogP contribution in [0.5, 0.6) is 0 Å². The van der Waals surface area contributed by atoms with Crippen molar-refractivity contribution in [3.8, 4) is 0 Å². The van der Waals surface area contributed by atoms with Crippen molar-refractivity contribution in [1.29, 1.82) is 0 Å². The van der Waals surface area contributed by atoms with Gasteiger partial charge < -0.3 is 19.6 Å². The summed E-state index contributed by atoms with van der Waals surface area (Å²) < 4.78 is 5.02. The van der Waals surface area contributed by atoms with Crippen LogP contribution in [-0.2, 0) is 9.53 Å². The van der Waals surface area contributed by atoms with Crippen LogP contribution in [0.1, 0.15) is 11.7 Å². The molecule has 2 aromatic rings. The lowest BCUT2D eigenvalue weighted by atomic mass is 10.1. The third-order valence-electron chi connectivity index (χ3n) is 3.89. The van der Waals surface area contributed by atoms with E-state index in [0.717, 1.165) is 17.1 Å². The summed E-state index contributed by atoms with van der Waals surface area (Å²) in [6.07, 6.45) is 1.54. The van der Waals surface area contributed by atoms with Crippen LogP contribution in [0.4, 0.5) is 11.5 Å². The van der Waals surface area contributed by atoms with Gasteiger partial charge in [-0.05, 0) is 29.8 Å². The molecule has 126 valence electrons. The highest BCUT2D eigenvalue weighted by molar-refractivity contribution is 6.30. The number of carbonyl (C=O) groups excluding carboxylic acids is 1. The van der Waals surface area contributed by atoms with E-state index in [1.165, 1.54) is 0 Å². The minimum Gasteiger partial charge on any atom is -0.462 e. The molecule has 0 saturated carbocycles. The third kappa shape index (κ3) is 3.16. The highest BCUT2D eigenvalue weighted by Gasteiger charge is 2.36. The summed E-state index contributed by atoms with van der Waals surface area (Å²) in [5.74, 6) is 0.403. The van der Waals surface area contributed by atoms with E-state index in [2.05, 4.69) is 4.98 Å². The summed E-state index contributed by atoms with van der Waals surface area (Å²) in [5, 5.41) is 9.47. The molecule has 1 aromatic heterocycles. The van der Waals surface area contributed by atoms with Crippen molar-refractivity contribution in [2.24, 2.45) is 0 Å². The molecule has 0 spiro atoms. The van der Waals surface area contributed by atoms with Gasteiger partial charge in [0, 0.05) is 18.3 Å². The van der Waals surface area contributed by atoms with Crippen LogP contribution < -0.4 is 9.80 Å². The van der Waals surface area contributed by atoms with Crippen molar-refractivity contribution in [1.82, 2.24) is 4.98 Å². The SMILES string of the molecule is CN1c2ncccc2N(CC(=O)OCCO)C1c1ccc(Cl)cc1. The first kappa shape index (κ1) is 16.5. The normalized spacial score (nSPS) is 16.2. The van der Waals surface area contributed by atoms with Gasteiger partial charge in [-0.15, -0.1) is 0 Å². The number of anilines is 2. The Morgan fingerprint density at radius 1 is 1.33 bits per heavy atom. The first-order chi connectivity index (χ1) is 11.6. The zero-order valence-corrected chi connectivity index (χ0v) is 14.0. The van der Waals surface area contributed by atoms with E-state index in [4.69, 9.17) is 21.4 Å². The average Bonchev–Trinajstić information content (AvgIpc) is 2.87. The van der Waals surface area contributed by atoms with Gasteiger partial charge in [-0.1, -0.05) is 23.7 Å². The van der Waals surface area contributed by atoms with E-state index >= 15 is 0 Å². The Hall–Kier alpha value is -2.31. The molecule has 0 radical (unpaired) electrons. The molecule has 1 aliphatic rings. The van der Waals surface area contributed by atoms with Crippen molar-refractivity contribution in [3.63, 3.8) is 0 Å². The molecule has 0 fully saturated rings. The predicted octanol–water partition coefficient (Wildman–Crippen LogP) is 2.23. The molecule has 1 atom stereocenters. The maximum Gasteiger partial charge on any atom is 0.325 e. The molecule has 3 rings (SSSR count). The largest absolute Gasteiger partial charge is 0.462 e. The summed E-state index contributed by atoms with van der Waals surface area (Å²) in [7, 11) is 1.93. The summed E-state index contributed by atoms with van der Waals surface area (Å²) in [5.41, 5.74) is 1.86. The van der Waals surface area contributed by atoms with Gasteiger partial charge >= 0.3 is 5.97 Å². The number of fused-ring (bicyclic) bond motifs is 1. The molecule has 1 unspecified atom stereocenters. The Bertz CT molecular complexity index is 723. The van der Waals surface area contributed by atoms with Crippen LogP contribution in [0.15, 0.2) is 42.6 Å². The van der Waals surface area contributed by atoms with Crippen molar-refractivity contribution in [2.75, 3.05) is 36.6 Å². The molecule has 1 aliphatic heterocycles. The maximum atomic E-state index is 12.1. The fourth-order valence-corrected chi connectivity index (χ4v) is 3.02. The van der Waals surface area contributed by atoms with Crippen molar-refractivity contribution < 1.29 is 14.6 Å². The predicted molar refractivity (Wildman–Crippen MR) is 92.2 cm³/mol. The number of hydrogen-bond donors (Lipinski definition) is 1. The number of carbonyl (C=O) groups is 1. The number of hydrogen-bond acceptors (Lipinski definition) is 6. The standard InChI is InChI=1S/C17H18ClN3O3/c1-20-16-14(3-2-8-19-16)21(11-15(23)24-10-9-22)17(20)12-4-6-13(18)7-5-12/h2-8,17,22H,9-11H2,1H3. The highest BCUT2D eigenvalue weighted by Crippen LogP contribution is 2.43. The number of aromatic nitrogens is 1. The third-order valence-corrected chi connectivity index (χ3v) is 4.15. The number of ether oxygens (including phenoxy) is 1. The average molecular weight is 348 g/mol. The number of halogens is 1. The Labute approximate surface area is 145 Å². The smallest absolute Gasteiger partial charge is 0.325 e. The lowest BCUT2D eigenvalue weighted by Crippen LogP contribution is -2.37. The van der Waals surface area contributed by atoms with Crippen molar-refractivity contribution in [3.05, 3.63) is 53.2 Å². The number of aliphatic hydroxyl groups is 1. The van der Waals surface area contributed by atoms with Gasteiger partial charge in [-0.25, -0.2) is 4.98 Å². The molecule has 0 bridgehead atoms. The zero-order valence-electron chi connectivity index (χ0n) is 13.2. The van der Waals surface area contributed by atoms with Crippen LogP contribution >= 0.6 is 11.6 Å². The van der Waals surface area contributed by atoms with E-state index in [9.17, 15) is 4.79 Å². The summed E-state index contributed by atoms with van der Waals surface area (Å²) >= 11 is 5.98. The molecule has 1 aromatic carbocycles. The molecule has 1 N–H and O–H groups in total. The minimum atomic E-state index is -0.395. The van der Waals surface area contributed by atoms with E-state index < -0.39 is 5.97 Å². The van der Waals surface area contributed by atoms with E-state index in [-0.39, 0.29) is 25.9 Å². The quantitative estimate of drug-likeness (QED) is 0.837. The highest BCUT2D eigenvalue weighted by atomic mass is 35.5. The van der Waals surface area contributed by atoms with Crippen molar-refractivity contribution in [2.45, 2.75) is 6.17 Å². The first-order valence-corrected chi connectivity index (χ1v) is 7.96. The second-order valence-electron chi connectivity index (χ2n) is 5.45. The van der Waals surface area contributed by atoms with Gasteiger partial charge in [0.05, 0.1) is 12.3 Å². The van der Waals surface area contributed by atoms with Gasteiger partial charge in [0.1, 0.15) is 19.3 Å². The molecular formula is C17H18ClN3O3. The monoisotopic (exact) mass is 347 g/mol. The van der Waals surface area contributed by atoms with Gasteiger partial charge in [0.2, 0.25) is 0 Å². The number of aliphatic hydroxyl groups excluding tert-OH is 1. The van der Waals surface area contributed by atoms with Gasteiger partial charge in [0.25, 0.3) is 0 Å². The molecule has 7 heteroatoms. The Kier molecular flexibility index (Phi) is 4.87. The first-order valence-electron chi connectivity index (χ1n) is 7.58. The molecule has 2 heterocycles. The Balaban J connectivity index is 1.93. The zero-order chi connectivity index (χ0) is 17.1. The summed E-state index contributed by atoms with van der Waals surface area (Å²) in [6.45, 7) is -0.130. The van der Waals surface area contributed by atoms with Crippen LogP contribution in [0, 0.1) is 0 Å². The lowest BCUT2D eigenvalue weighted by molar-refractivity contribution is -0.143. The topological polar surface area (TPSA) is 65.9 Å². The Morgan fingerprint density at radius 3 is 2.79 bits per heavy atom. The molecule has 6 nitrogen and oxygen atoms in total. The number of rotatable bonds is 5. The van der Waals surface area contributed by atoms with Gasteiger partial charge in [-0.2, -0.15) is 0 Å². The fraction of sp³-hybridized carbons (Fsp3) is 0.294. The van der Waals surface area contributed by atoms with Crippen molar-refractivity contribution >= 4 is 29.1 Å². The minimum absolute atomic E-state index is 0.00593. The van der Waals surface area contributed by atoms with Crippen LogP contribution in [0.25, 0.3) is 0 Å². The fourth-order valence-electron chi connectivity index (χ4n) is 2.90. The number of benzene rings is 1. The second kappa shape index (κ2) is 7.07. The molecular weight excluding hydrogens is 330 g/mol. The van der Waals surface area contributed by atoms with Gasteiger partial charge in [-0.3, -0.25) is 4.79 Å². The van der Waals surface area contributed by atoms with E-state index in [0.29, 0.717) is 5.02 Å². The molecule has 0 aliphatic carbocycles. The summed E-state index contributed by atoms with van der Waals surface area (Å²) in [4.78, 5) is 20.4. The van der Waals surface area contributed by atoms with Crippen LogP contribution in [0.3, 0.4) is 0 Å². The number of pyridine rings is 1. The number of nitrogens with zero attached hydrogens (tertiary/aromatic N) is 3. The molecule has 0 saturated heterocycles. The van der Waals surface area contributed by atoms with Crippen LogP contribution in [-0.4, -0.2) is 42.9 Å². The van der Waals surface area contributed by atoms with E-state index in [1.807, 2.05) is 53.2 Å². The second-order valence-corrected chi connectivity index (χ2v) is 5.89. The molecule has 24 heavy (non-hydrogen) atoms. The Morgan fingerprint density at radius 2 is 2.08 bits per heavy atom. The summed E-state index contributed by atoms with van der Waals surface area (Å²) in [6, 6.07) is 11.3. The van der Waals surface area contributed by atoms with Crippen LogP contribution in [0.2, 0.25) is 5.02 Å². The lowest BCUT2D eigenvalue weighted by Gasteiger charge is -2.30. The molecule has 0 amide bonds.